The van der Waals surface area contributed by atoms with Crippen LogP contribution in [0.4, 0.5) is 11.8 Å². The minimum Gasteiger partial charge on any atom is -0.489 e. The first-order chi connectivity index (χ1) is 20.4. The molecule has 42 heavy (non-hydrogen) atoms. The van der Waals surface area contributed by atoms with Crippen LogP contribution in [0, 0.1) is 0 Å². The van der Waals surface area contributed by atoms with Crippen LogP contribution in [-0.2, 0) is 33.7 Å². The van der Waals surface area contributed by atoms with Crippen LogP contribution in [0.2, 0.25) is 5.02 Å². The average Bonchev–Trinajstić information content (AvgIpc) is 3.00. The highest BCUT2D eigenvalue weighted by atomic mass is 35.5. The molecule has 2 heterocycles. The molecule has 1 saturated heterocycles. The molecular weight excluding hydrogens is 558 g/mol. The van der Waals surface area contributed by atoms with Crippen molar-refractivity contribution in [3.05, 3.63) is 64.2 Å². The van der Waals surface area contributed by atoms with E-state index in [4.69, 9.17) is 36.7 Å². The molecule has 0 radical (unpaired) electrons. The molecule has 1 fully saturated rings. The van der Waals surface area contributed by atoms with E-state index in [1.54, 1.807) is 6.92 Å². The van der Waals surface area contributed by atoms with Crippen LogP contribution in [0.3, 0.4) is 0 Å². The topological polar surface area (TPSA) is 123 Å². The van der Waals surface area contributed by atoms with Gasteiger partial charge in [-0.05, 0) is 60.7 Å². The number of hydrogen-bond acceptors (Lipinski definition) is 9. The summed E-state index contributed by atoms with van der Waals surface area (Å²) in [6, 6.07) is 13.8. The highest BCUT2D eigenvalue weighted by Crippen LogP contribution is 2.38. The maximum Gasteiger partial charge on any atom is 0.332 e. The summed E-state index contributed by atoms with van der Waals surface area (Å²) in [4.78, 5) is 25.0. The van der Waals surface area contributed by atoms with Crippen molar-refractivity contribution in [2.24, 2.45) is 0 Å². The van der Waals surface area contributed by atoms with E-state index in [-0.39, 0.29) is 12.6 Å². The van der Waals surface area contributed by atoms with Crippen molar-refractivity contribution in [1.82, 2.24) is 14.9 Å². The zero-order chi connectivity index (χ0) is 29.5. The second kappa shape index (κ2) is 14.2. The number of benzene rings is 2. The number of carbonyl (C=O) groups is 1. The number of fused-ring (bicyclic) bond motifs is 3. The Morgan fingerprint density at radius 2 is 1.83 bits per heavy atom. The average molecular weight is 596 g/mol. The molecule has 0 amide bonds. The summed E-state index contributed by atoms with van der Waals surface area (Å²) in [5, 5.41) is 9.75. The number of carboxylic acid groups (broad SMARTS) is 1. The molecule has 224 valence electrons. The Hall–Kier alpha value is -3.44. The quantitative estimate of drug-likeness (QED) is 0.279. The van der Waals surface area contributed by atoms with Gasteiger partial charge in [-0.1, -0.05) is 30.7 Å². The molecule has 1 aromatic heterocycles. The van der Waals surface area contributed by atoms with Gasteiger partial charge < -0.3 is 30.0 Å². The van der Waals surface area contributed by atoms with Crippen LogP contribution in [0.1, 0.15) is 30.0 Å². The van der Waals surface area contributed by atoms with Crippen LogP contribution >= 0.6 is 11.6 Å². The number of anilines is 2. The van der Waals surface area contributed by atoms with Gasteiger partial charge in [-0.15, -0.1) is 0 Å². The number of nitrogens with two attached hydrogens (primary N) is 1. The molecule has 1 atom stereocenters. The van der Waals surface area contributed by atoms with Crippen LogP contribution in [0.15, 0.2) is 42.5 Å². The van der Waals surface area contributed by atoms with E-state index in [2.05, 4.69) is 31.9 Å². The van der Waals surface area contributed by atoms with Crippen molar-refractivity contribution in [2.75, 3.05) is 63.2 Å². The summed E-state index contributed by atoms with van der Waals surface area (Å²) in [6.45, 7) is 7.77. The van der Waals surface area contributed by atoms with Gasteiger partial charge >= 0.3 is 5.97 Å². The molecule has 10 nitrogen and oxygen atoms in total. The lowest BCUT2D eigenvalue weighted by atomic mass is 9.88. The van der Waals surface area contributed by atoms with Crippen LogP contribution in [0.25, 0.3) is 11.3 Å². The van der Waals surface area contributed by atoms with E-state index in [0.29, 0.717) is 31.3 Å². The van der Waals surface area contributed by atoms with Gasteiger partial charge in [0, 0.05) is 48.9 Å². The third-order valence-electron chi connectivity index (χ3n) is 7.71. The van der Waals surface area contributed by atoms with Gasteiger partial charge in [0.15, 0.2) is 6.10 Å². The largest absolute Gasteiger partial charge is 0.489 e. The summed E-state index contributed by atoms with van der Waals surface area (Å²) in [7, 11) is 0. The summed E-state index contributed by atoms with van der Waals surface area (Å²) >= 11 is 5.99. The number of halogens is 1. The van der Waals surface area contributed by atoms with E-state index in [0.717, 1.165) is 79.5 Å². The Labute approximate surface area is 251 Å². The van der Waals surface area contributed by atoms with E-state index < -0.39 is 12.1 Å². The zero-order valence-corrected chi connectivity index (χ0v) is 24.7. The van der Waals surface area contributed by atoms with E-state index in [1.165, 1.54) is 5.56 Å². The maximum absolute atomic E-state index is 11.0. The molecule has 3 N–H and O–H groups in total. The number of rotatable bonds is 13. The molecule has 2 aromatic carbocycles. The molecule has 11 heteroatoms. The number of aliphatic carboxylic acids is 1. The van der Waals surface area contributed by atoms with E-state index >= 15 is 0 Å². The fourth-order valence-corrected chi connectivity index (χ4v) is 5.53. The van der Waals surface area contributed by atoms with Crippen molar-refractivity contribution >= 4 is 29.3 Å². The van der Waals surface area contributed by atoms with Crippen molar-refractivity contribution < 1.29 is 24.1 Å². The Morgan fingerprint density at radius 1 is 1.05 bits per heavy atom. The highest BCUT2D eigenvalue weighted by molar-refractivity contribution is 6.30. The number of nitrogen functional groups attached to an aromatic ring is 1. The van der Waals surface area contributed by atoms with Gasteiger partial charge in [0.1, 0.15) is 18.2 Å². The second-order valence-electron chi connectivity index (χ2n) is 10.5. The van der Waals surface area contributed by atoms with Gasteiger partial charge in [-0.3, -0.25) is 4.90 Å². The van der Waals surface area contributed by atoms with Crippen molar-refractivity contribution in [3.8, 4) is 17.0 Å². The standard InChI is InChI=1S/C31H38ClN5O5/c1-2-27(30(38)39)41-18-17-40-16-15-36-11-13-37(14-12-36)29-26-9-5-22-19-24(42-20-21-3-6-23(32)7-4-21)8-10-25(22)28(26)34-31(33)35-29/h3-4,6-8,10,19,27H,2,5,9,11-18,20H2,1H3,(H,38,39)(H2,33,34,35). The van der Waals surface area contributed by atoms with Crippen LogP contribution < -0.4 is 15.4 Å². The molecule has 5 rings (SSSR count). The zero-order valence-electron chi connectivity index (χ0n) is 23.9. The van der Waals surface area contributed by atoms with E-state index in [1.807, 2.05) is 30.3 Å². The smallest absolute Gasteiger partial charge is 0.332 e. The lowest BCUT2D eigenvalue weighted by Gasteiger charge is -2.37. The Balaban J connectivity index is 1.15. The first-order valence-corrected chi connectivity index (χ1v) is 14.9. The number of aryl methyl sites for hydroxylation is 1. The third-order valence-corrected chi connectivity index (χ3v) is 7.97. The van der Waals surface area contributed by atoms with E-state index in [9.17, 15) is 4.79 Å². The fourth-order valence-electron chi connectivity index (χ4n) is 5.40. The predicted octanol–water partition coefficient (Wildman–Crippen LogP) is 4.08. The summed E-state index contributed by atoms with van der Waals surface area (Å²) < 4.78 is 17.1. The van der Waals surface area contributed by atoms with Gasteiger partial charge in [-0.2, -0.15) is 4.98 Å². The maximum atomic E-state index is 11.0. The molecule has 1 aliphatic heterocycles. The second-order valence-corrected chi connectivity index (χ2v) is 11.0. The number of hydrogen-bond donors (Lipinski definition) is 2. The Kier molecular flexibility index (Phi) is 10.1. The molecule has 1 unspecified atom stereocenters. The minimum atomic E-state index is -0.934. The number of piperazine rings is 1. The number of ether oxygens (including phenoxy) is 3. The monoisotopic (exact) mass is 595 g/mol. The lowest BCUT2D eigenvalue weighted by Crippen LogP contribution is -2.48. The Morgan fingerprint density at radius 3 is 2.57 bits per heavy atom. The normalized spacial score (nSPS) is 15.6. The third kappa shape index (κ3) is 7.49. The van der Waals surface area contributed by atoms with Crippen LogP contribution in [-0.4, -0.2) is 84.6 Å². The van der Waals surface area contributed by atoms with Gasteiger partial charge in [0.25, 0.3) is 0 Å². The van der Waals surface area contributed by atoms with Crippen LogP contribution in [0.5, 0.6) is 5.75 Å². The first kappa shape index (κ1) is 30.0. The number of carboxylic acids is 1. The molecule has 1 aliphatic carbocycles. The number of nitrogens with zero attached hydrogens (tertiary/aromatic N) is 4. The predicted molar refractivity (Wildman–Crippen MR) is 162 cm³/mol. The lowest BCUT2D eigenvalue weighted by molar-refractivity contribution is -0.151. The minimum absolute atomic E-state index is 0.277. The van der Waals surface area contributed by atoms with Gasteiger partial charge in [0.2, 0.25) is 5.95 Å². The van der Waals surface area contributed by atoms with Gasteiger partial charge in [0.05, 0.1) is 25.5 Å². The molecule has 0 spiro atoms. The van der Waals surface area contributed by atoms with Crippen molar-refractivity contribution in [2.45, 2.75) is 38.9 Å². The van der Waals surface area contributed by atoms with Gasteiger partial charge in [-0.25, -0.2) is 9.78 Å². The van der Waals surface area contributed by atoms with Crippen molar-refractivity contribution in [1.29, 1.82) is 0 Å². The van der Waals surface area contributed by atoms with Crippen molar-refractivity contribution in [3.63, 3.8) is 0 Å². The highest BCUT2D eigenvalue weighted by Gasteiger charge is 2.27. The first-order valence-electron chi connectivity index (χ1n) is 14.5. The summed E-state index contributed by atoms with van der Waals surface area (Å²) in [5.41, 5.74) is 11.6. The molecule has 3 aromatic rings. The molecule has 2 aliphatic rings. The summed E-state index contributed by atoms with van der Waals surface area (Å²) in [6.07, 6.45) is 1.39. The molecule has 0 saturated carbocycles. The molecule has 0 bridgehead atoms. The number of aromatic nitrogens is 2. The molecular formula is C31H38ClN5O5. The summed E-state index contributed by atoms with van der Waals surface area (Å²) in [5.74, 6) is 1.11. The fraction of sp³-hybridized carbons (Fsp3) is 0.452. The SMILES string of the molecule is CCC(OCCOCCN1CCN(c2nc(N)nc3c2CCc2cc(OCc4ccc(Cl)cc4)ccc2-3)CC1)C(=O)O. The Bertz CT molecular complexity index is 1360.